The quantitative estimate of drug-likeness (QED) is 0.544. The van der Waals surface area contributed by atoms with Crippen molar-refractivity contribution in [2.75, 3.05) is 7.18 Å². The van der Waals surface area contributed by atoms with Gasteiger partial charge < -0.3 is 0 Å². The second-order valence-corrected chi connectivity index (χ2v) is 2.23. The van der Waals surface area contributed by atoms with Gasteiger partial charge in [-0.1, -0.05) is 6.07 Å². The van der Waals surface area contributed by atoms with E-state index >= 15 is 0 Å². The average molecular weight is 158 g/mol. The summed E-state index contributed by atoms with van der Waals surface area (Å²) < 4.78 is 21.8. The first-order chi connectivity index (χ1) is 5.20. The largest absolute Gasteiger partial charge is 0.255 e. The van der Waals surface area contributed by atoms with Crippen molar-refractivity contribution in [3.8, 4) is 0 Å². The lowest BCUT2D eigenvalue weighted by Crippen LogP contribution is -1.80. The predicted octanol–water partition coefficient (Wildman–Crippen LogP) is 3.03. The molecular formula is C9H12F2. The highest BCUT2D eigenvalue weighted by molar-refractivity contribution is 5.24. The third-order valence-corrected chi connectivity index (χ3v) is 1.47. The molecule has 0 aromatic heterocycles. The van der Waals surface area contributed by atoms with Crippen LogP contribution in [-0.4, -0.2) is 7.18 Å². The van der Waals surface area contributed by atoms with Crippen LogP contribution < -0.4 is 0 Å². The van der Waals surface area contributed by atoms with Crippen LogP contribution in [0.3, 0.4) is 0 Å². The first-order valence-corrected chi connectivity index (χ1v) is 3.30. The Labute approximate surface area is 65.9 Å². The average Bonchev–Trinajstić information content (AvgIpc) is 2.02. The smallest absolute Gasteiger partial charge is 0.123 e. The van der Waals surface area contributed by atoms with Gasteiger partial charge in [-0.05, 0) is 37.1 Å². The molecule has 1 aromatic rings. The molecule has 0 bridgehead atoms. The highest BCUT2D eigenvalue weighted by Crippen LogP contribution is 2.07. The fourth-order valence-electron chi connectivity index (χ4n) is 0.705. The summed E-state index contributed by atoms with van der Waals surface area (Å²) in [6, 6.07) is 4.79. The second kappa shape index (κ2) is 4.83. The van der Waals surface area contributed by atoms with Crippen LogP contribution in [0.4, 0.5) is 8.78 Å². The summed E-state index contributed by atoms with van der Waals surface area (Å²) in [5.74, 6) is -0.155. The summed E-state index contributed by atoms with van der Waals surface area (Å²) in [6.07, 6.45) is 0. The number of alkyl halides is 1. The van der Waals surface area contributed by atoms with Crippen molar-refractivity contribution in [1.29, 1.82) is 0 Å². The number of hydrogen-bond acceptors (Lipinski definition) is 0. The van der Waals surface area contributed by atoms with E-state index in [4.69, 9.17) is 0 Å². The van der Waals surface area contributed by atoms with Gasteiger partial charge in [0.2, 0.25) is 0 Å². The molecule has 2 heteroatoms. The molecule has 0 atom stereocenters. The van der Waals surface area contributed by atoms with E-state index in [0.29, 0.717) is 7.18 Å². The van der Waals surface area contributed by atoms with Crippen molar-refractivity contribution in [2.24, 2.45) is 0 Å². The van der Waals surface area contributed by atoms with E-state index in [1.165, 1.54) is 12.1 Å². The van der Waals surface area contributed by atoms with Gasteiger partial charge in [-0.3, -0.25) is 4.39 Å². The summed E-state index contributed by atoms with van der Waals surface area (Å²) in [5.41, 5.74) is 2.14. The fourth-order valence-corrected chi connectivity index (χ4v) is 0.705. The van der Waals surface area contributed by atoms with E-state index in [-0.39, 0.29) is 5.82 Å². The Morgan fingerprint density at radius 2 is 1.55 bits per heavy atom. The summed E-state index contributed by atoms with van der Waals surface area (Å²) >= 11 is 0. The van der Waals surface area contributed by atoms with Crippen molar-refractivity contribution < 1.29 is 8.78 Å². The highest BCUT2D eigenvalue weighted by atomic mass is 19.1. The van der Waals surface area contributed by atoms with Crippen LogP contribution in [0.15, 0.2) is 18.2 Å². The maximum absolute atomic E-state index is 12.3. The first kappa shape index (κ1) is 10.1. The monoisotopic (exact) mass is 158 g/mol. The van der Waals surface area contributed by atoms with E-state index in [2.05, 4.69) is 0 Å². The molecule has 0 aliphatic heterocycles. The molecule has 0 aliphatic rings. The lowest BCUT2D eigenvalue weighted by atomic mass is 10.1. The zero-order valence-corrected chi connectivity index (χ0v) is 6.99. The van der Waals surface area contributed by atoms with E-state index in [1.807, 2.05) is 13.8 Å². The number of rotatable bonds is 0. The Morgan fingerprint density at radius 1 is 1.00 bits per heavy atom. The molecule has 0 heterocycles. The minimum atomic E-state index is -0.155. The Balaban J connectivity index is 0.000000461. The first-order valence-electron chi connectivity index (χ1n) is 3.30. The normalized spacial score (nSPS) is 8.45. The molecule has 0 N–H and O–H groups in total. The van der Waals surface area contributed by atoms with Gasteiger partial charge in [0.25, 0.3) is 0 Å². The molecule has 0 radical (unpaired) electrons. The summed E-state index contributed by atoms with van der Waals surface area (Å²) in [4.78, 5) is 0. The van der Waals surface area contributed by atoms with Gasteiger partial charge in [-0.15, -0.1) is 0 Å². The minimum Gasteiger partial charge on any atom is -0.255 e. The van der Waals surface area contributed by atoms with E-state index in [0.717, 1.165) is 11.1 Å². The molecule has 62 valence electrons. The highest BCUT2D eigenvalue weighted by Gasteiger charge is 1.91. The van der Waals surface area contributed by atoms with Crippen LogP contribution in [0, 0.1) is 19.7 Å². The summed E-state index contributed by atoms with van der Waals surface area (Å²) in [5, 5.41) is 0. The summed E-state index contributed by atoms with van der Waals surface area (Å²) in [7, 11) is 0.500. The Bertz CT molecular complexity index is 219. The molecule has 0 fully saturated rings. The molecule has 1 rings (SSSR count). The lowest BCUT2D eigenvalue weighted by molar-refractivity contribution is 0.626. The van der Waals surface area contributed by atoms with Gasteiger partial charge in [-0.25, -0.2) is 4.39 Å². The predicted molar refractivity (Wildman–Crippen MR) is 42.9 cm³/mol. The van der Waals surface area contributed by atoms with E-state index in [9.17, 15) is 8.78 Å². The van der Waals surface area contributed by atoms with Gasteiger partial charge in [0, 0.05) is 0 Å². The summed E-state index contributed by atoms with van der Waals surface area (Å²) in [6.45, 7) is 3.87. The molecule has 0 spiro atoms. The van der Waals surface area contributed by atoms with Crippen LogP contribution in [0.25, 0.3) is 0 Å². The zero-order chi connectivity index (χ0) is 8.85. The molecule has 11 heavy (non-hydrogen) atoms. The molecule has 0 saturated heterocycles. The van der Waals surface area contributed by atoms with E-state index < -0.39 is 0 Å². The van der Waals surface area contributed by atoms with Crippen LogP contribution in [0.1, 0.15) is 11.1 Å². The third-order valence-electron chi connectivity index (χ3n) is 1.47. The topological polar surface area (TPSA) is 0 Å². The van der Waals surface area contributed by atoms with Crippen LogP contribution in [0.2, 0.25) is 0 Å². The van der Waals surface area contributed by atoms with Crippen molar-refractivity contribution >= 4 is 0 Å². The zero-order valence-electron chi connectivity index (χ0n) is 6.99. The molecule has 0 amide bonds. The molecule has 0 saturated carbocycles. The number of aryl methyl sites for hydroxylation is 2. The molecular weight excluding hydrogens is 146 g/mol. The van der Waals surface area contributed by atoms with Crippen molar-refractivity contribution in [2.45, 2.75) is 13.8 Å². The number of hydrogen-bond donors (Lipinski definition) is 0. The van der Waals surface area contributed by atoms with Crippen LogP contribution in [0.5, 0.6) is 0 Å². The van der Waals surface area contributed by atoms with Crippen molar-refractivity contribution in [3.05, 3.63) is 35.1 Å². The fraction of sp³-hybridized carbons (Fsp3) is 0.333. The number of benzene rings is 1. The maximum atomic E-state index is 12.3. The Morgan fingerprint density at radius 3 is 1.91 bits per heavy atom. The third kappa shape index (κ3) is 3.12. The molecule has 0 aliphatic carbocycles. The van der Waals surface area contributed by atoms with Gasteiger partial charge >= 0.3 is 0 Å². The second-order valence-electron chi connectivity index (χ2n) is 2.23. The standard InChI is InChI=1S/C8H9F.CH3F/c1-6-3-4-8(9)5-7(6)2;1-2/h3-5H,1-2H3;1H3. The Hall–Kier alpha value is -0.920. The van der Waals surface area contributed by atoms with Crippen LogP contribution in [-0.2, 0) is 0 Å². The molecule has 0 nitrogen and oxygen atoms in total. The van der Waals surface area contributed by atoms with Crippen molar-refractivity contribution in [1.82, 2.24) is 0 Å². The lowest BCUT2D eigenvalue weighted by Gasteiger charge is -1.96. The van der Waals surface area contributed by atoms with Gasteiger partial charge in [0.1, 0.15) is 5.82 Å². The van der Waals surface area contributed by atoms with E-state index in [1.54, 1.807) is 6.07 Å². The molecule has 0 unspecified atom stereocenters. The number of halogens is 2. The van der Waals surface area contributed by atoms with Gasteiger partial charge in [0.05, 0.1) is 7.18 Å². The van der Waals surface area contributed by atoms with Crippen LogP contribution >= 0.6 is 0 Å². The maximum Gasteiger partial charge on any atom is 0.123 e. The van der Waals surface area contributed by atoms with Gasteiger partial charge in [0.15, 0.2) is 0 Å². The Kier molecular flexibility index (Phi) is 4.42. The SMILES string of the molecule is CF.Cc1ccc(F)cc1C. The van der Waals surface area contributed by atoms with Crippen molar-refractivity contribution in [3.63, 3.8) is 0 Å². The molecule has 1 aromatic carbocycles. The minimum absolute atomic E-state index is 0.155. The van der Waals surface area contributed by atoms with Gasteiger partial charge in [-0.2, -0.15) is 0 Å².